The predicted octanol–water partition coefficient (Wildman–Crippen LogP) is 3.44. The molecule has 1 atom stereocenters. The summed E-state index contributed by atoms with van der Waals surface area (Å²) >= 11 is 0. The van der Waals surface area contributed by atoms with Gasteiger partial charge in [-0.1, -0.05) is 18.2 Å². The highest BCUT2D eigenvalue weighted by Gasteiger charge is 2.30. The van der Waals surface area contributed by atoms with E-state index < -0.39 is 0 Å². The Hall–Kier alpha value is -2.89. The molecule has 1 aromatic carbocycles. The Morgan fingerprint density at radius 3 is 2.85 bits per heavy atom. The summed E-state index contributed by atoms with van der Waals surface area (Å²) in [6.07, 6.45) is 1.56. The number of carbonyl (C=O) groups is 2. The highest BCUT2D eigenvalue weighted by molar-refractivity contribution is 6.07. The van der Waals surface area contributed by atoms with Gasteiger partial charge in [-0.25, -0.2) is 4.98 Å². The largest absolute Gasteiger partial charge is 0.466 e. The van der Waals surface area contributed by atoms with Crippen molar-refractivity contribution in [1.82, 2.24) is 14.9 Å². The molecule has 6 nitrogen and oxygen atoms in total. The van der Waals surface area contributed by atoms with Crippen LogP contribution in [0.25, 0.3) is 21.8 Å². The van der Waals surface area contributed by atoms with Gasteiger partial charge in [-0.2, -0.15) is 0 Å². The molecule has 0 bridgehead atoms. The summed E-state index contributed by atoms with van der Waals surface area (Å²) in [6, 6.07) is 9.92. The third kappa shape index (κ3) is 3.27. The number of ether oxygens (including phenoxy) is 1. The topological polar surface area (TPSA) is 75.3 Å². The molecule has 3 heterocycles. The van der Waals surface area contributed by atoms with Crippen molar-refractivity contribution < 1.29 is 14.3 Å². The van der Waals surface area contributed by atoms with Crippen molar-refractivity contribution in [3.8, 4) is 0 Å². The van der Waals surface area contributed by atoms with Crippen LogP contribution < -0.4 is 0 Å². The summed E-state index contributed by atoms with van der Waals surface area (Å²) in [7, 11) is 0. The van der Waals surface area contributed by atoms with Crippen molar-refractivity contribution in [3.63, 3.8) is 0 Å². The monoisotopic (exact) mass is 365 g/mol. The SMILES string of the molecule is CCOC(=O)[C@H]1CCCN(C(=O)c2cc3ccc4ccc(C)[nH]c4c3n2)C1. The van der Waals surface area contributed by atoms with Gasteiger partial charge in [-0.05, 0) is 38.8 Å². The number of fused-ring (bicyclic) bond motifs is 3. The van der Waals surface area contributed by atoms with E-state index in [0.29, 0.717) is 25.4 Å². The van der Waals surface area contributed by atoms with Crippen molar-refractivity contribution in [2.45, 2.75) is 26.7 Å². The molecule has 1 aliphatic rings. The van der Waals surface area contributed by atoms with Gasteiger partial charge in [0.1, 0.15) is 5.69 Å². The first kappa shape index (κ1) is 17.5. The molecule has 6 heteroatoms. The Morgan fingerprint density at radius 2 is 2.04 bits per heavy atom. The zero-order chi connectivity index (χ0) is 19.0. The maximum atomic E-state index is 13.0. The van der Waals surface area contributed by atoms with E-state index >= 15 is 0 Å². The van der Waals surface area contributed by atoms with Crippen molar-refractivity contribution in [2.75, 3.05) is 19.7 Å². The number of esters is 1. The van der Waals surface area contributed by atoms with Gasteiger partial charge in [0.05, 0.1) is 23.6 Å². The van der Waals surface area contributed by atoms with Crippen LogP contribution in [0.15, 0.2) is 30.3 Å². The second-order valence-electron chi connectivity index (χ2n) is 7.09. The van der Waals surface area contributed by atoms with Gasteiger partial charge in [-0.3, -0.25) is 9.59 Å². The first-order chi connectivity index (χ1) is 13.1. The van der Waals surface area contributed by atoms with Crippen molar-refractivity contribution in [3.05, 3.63) is 41.7 Å². The second-order valence-corrected chi connectivity index (χ2v) is 7.09. The number of hydrogen-bond donors (Lipinski definition) is 1. The number of likely N-dealkylation sites (tertiary alicyclic amines) is 1. The number of aryl methyl sites for hydroxylation is 1. The third-order valence-corrected chi connectivity index (χ3v) is 5.15. The van der Waals surface area contributed by atoms with Crippen LogP contribution in [0.3, 0.4) is 0 Å². The van der Waals surface area contributed by atoms with Crippen molar-refractivity contribution in [1.29, 1.82) is 0 Å². The summed E-state index contributed by atoms with van der Waals surface area (Å²) < 4.78 is 5.13. The van der Waals surface area contributed by atoms with Gasteiger partial charge in [0, 0.05) is 29.6 Å². The fourth-order valence-corrected chi connectivity index (χ4v) is 3.77. The molecule has 1 aliphatic heterocycles. The molecule has 1 saturated heterocycles. The van der Waals surface area contributed by atoms with Gasteiger partial charge in [0.2, 0.25) is 0 Å². The fraction of sp³-hybridized carbons (Fsp3) is 0.381. The molecule has 1 N–H and O–H groups in total. The Balaban J connectivity index is 1.63. The minimum Gasteiger partial charge on any atom is -0.466 e. The minimum absolute atomic E-state index is 0.124. The van der Waals surface area contributed by atoms with Crippen LogP contribution in [0.5, 0.6) is 0 Å². The predicted molar refractivity (Wildman–Crippen MR) is 104 cm³/mol. The van der Waals surface area contributed by atoms with Gasteiger partial charge in [0.15, 0.2) is 0 Å². The number of carbonyl (C=O) groups excluding carboxylic acids is 2. The van der Waals surface area contributed by atoms with Crippen LogP contribution >= 0.6 is 0 Å². The van der Waals surface area contributed by atoms with Crippen LogP contribution in [-0.2, 0) is 9.53 Å². The van der Waals surface area contributed by atoms with Crippen LogP contribution in [0, 0.1) is 12.8 Å². The standard InChI is InChI=1S/C21H23N3O3/c1-3-27-21(26)16-5-4-10-24(12-16)20(25)17-11-15-9-8-14-7-6-13(2)22-18(14)19(15)23-17/h6-9,11,16,22H,3-5,10,12H2,1-2H3/t16-/m0/s1. The lowest BCUT2D eigenvalue weighted by molar-refractivity contribution is -0.149. The second kappa shape index (κ2) is 7.02. The normalized spacial score (nSPS) is 17.4. The number of aromatic amines is 1. The van der Waals surface area contributed by atoms with Crippen LogP contribution in [0.4, 0.5) is 0 Å². The number of H-pyrrole nitrogens is 1. The third-order valence-electron chi connectivity index (χ3n) is 5.15. The first-order valence-electron chi connectivity index (χ1n) is 9.42. The number of benzene rings is 1. The quantitative estimate of drug-likeness (QED) is 0.722. The molecule has 3 aromatic rings. The van der Waals surface area contributed by atoms with Crippen LogP contribution in [-0.4, -0.2) is 46.4 Å². The molecule has 2 aromatic heterocycles. The van der Waals surface area contributed by atoms with Gasteiger partial charge in [0.25, 0.3) is 5.91 Å². The summed E-state index contributed by atoms with van der Waals surface area (Å²) in [5.74, 6) is -0.587. The van der Waals surface area contributed by atoms with E-state index in [2.05, 4.69) is 9.97 Å². The highest BCUT2D eigenvalue weighted by atomic mass is 16.5. The number of nitrogens with one attached hydrogen (secondary N) is 1. The van der Waals surface area contributed by atoms with Crippen LogP contribution in [0.2, 0.25) is 0 Å². The number of aromatic nitrogens is 2. The minimum atomic E-state index is -0.246. The summed E-state index contributed by atoms with van der Waals surface area (Å²) in [5.41, 5.74) is 3.21. The summed E-state index contributed by atoms with van der Waals surface area (Å²) in [5, 5.41) is 2.00. The Labute approximate surface area is 157 Å². The zero-order valence-corrected chi connectivity index (χ0v) is 15.6. The van der Waals surface area contributed by atoms with E-state index in [1.807, 2.05) is 37.3 Å². The molecule has 0 aliphatic carbocycles. The lowest BCUT2D eigenvalue weighted by Gasteiger charge is -2.31. The highest BCUT2D eigenvalue weighted by Crippen LogP contribution is 2.26. The van der Waals surface area contributed by atoms with Crippen LogP contribution in [0.1, 0.15) is 35.9 Å². The average molecular weight is 365 g/mol. The molecular formula is C21H23N3O3. The lowest BCUT2D eigenvalue weighted by atomic mass is 9.98. The van der Waals surface area contributed by atoms with E-state index in [-0.39, 0.29) is 17.8 Å². The van der Waals surface area contributed by atoms with E-state index in [9.17, 15) is 9.59 Å². The lowest BCUT2D eigenvalue weighted by Crippen LogP contribution is -2.42. The van der Waals surface area contributed by atoms with E-state index in [1.165, 1.54) is 0 Å². The van der Waals surface area contributed by atoms with E-state index in [0.717, 1.165) is 40.3 Å². The van der Waals surface area contributed by atoms with E-state index in [1.54, 1.807) is 11.8 Å². The Morgan fingerprint density at radius 1 is 1.26 bits per heavy atom. The number of rotatable bonds is 3. The Bertz CT molecular complexity index is 1020. The molecule has 1 amide bonds. The summed E-state index contributed by atoms with van der Waals surface area (Å²) in [4.78, 5) is 34.7. The number of piperidine rings is 1. The zero-order valence-electron chi connectivity index (χ0n) is 15.6. The van der Waals surface area contributed by atoms with E-state index in [4.69, 9.17) is 4.74 Å². The number of hydrogen-bond acceptors (Lipinski definition) is 4. The van der Waals surface area contributed by atoms with Crippen molar-refractivity contribution in [2.24, 2.45) is 5.92 Å². The number of pyridine rings is 1. The molecule has 0 unspecified atom stereocenters. The van der Waals surface area contributed by atoms with Gasteiger partial charge in [-0.15, -0.1) is 0 Å². The Kier molecular flexibility index (Phi) is 4.56. The van der Waals surface area contributed by atoms with Gasteiger partial charge < -0.3 is 14.6 Å². The van der Waals surface area contributed by atoms with Crippen molar-refractivity contribution >= 4 is 33.7 Å². The molecule has 0 radical (unpaired) electrons. The molecule has 0 saturated carbocycles. The molecule has 27 heavy (non-hydrogen) atoms. The average Bonchev–Trinajstić information content (AvgIpc) is 3.12. The first-order valence-corrected chi connectivity index (χ1v) is 9.42. The maximum Gasteiger partial charge on any atom is 0.310 e. The summed E-state index contributed by atoms with van der Waals surface area (Å²) in [6.45, 7) is 5.20. The molecule has 140 valence electrons. The van der Waals surface area contributed by atoms with Gasteiger partial charge >= 0.3 is 5.97 Å². The number of nitrogens with zero attached hydrogens (tertiary/aromatic N) is 2. The maximum absolute atomic E-state index is 13.0. The number of amides is 1. The molecule has 4 rings (SSSR count). The molecular weight excluding hydrogens is 342 g/mol. The smallest absolute Gasteiger partial charge is 0.310 e. The molecule has 0 spiro atoms. The molecule has 1 fully saturated rings. The fourth-order valence-electron chi connectivity index (χ4n) is 3.77.